The number of β-amino-alcohol motifs (C(OH)–C–C–N with tert-alkyl or cyclic N) is 1. The van der Waals surface area contributed by atoms with Gasteiger partial charge in [0.15, 0.2) is 12.6 Å². The van der Waals surface area contributed by atoms with Crippen LogP contribution in [0.1, 0.15) is 32.3 Å². The van der Waals surface area contributed by atoms with Gasteiger partial charge in [-0.25, -0.2) is 32.2 Å². The van der Waals surface area contributed by atoms with Crippen molar-refractivity contribution in [1.82, 2.24) is 15.0 Å². The van der Waals surface area contributed by atoms with Gasteiger partial charge in [0.25, 0.3) is 0 Å². The minimum Gasteiger partial charge on any atom is -0.468 e. The van der Waals surface area contributed by atoms with Crippen molar-refractivity contribution in [1.29, 1.82) is 0 Å². The molecule has 0 aliphatic carbocycles. The normalized spacial score (nSPS) is 17.7. The summed E-state index contributed by atoms with van der Waals surface area (Å²) in [7, 11) is -0.907. The Hall–Kier alpha value is -3.68. The Morgan fingerprint density at radius 2 is 1.93 bits per heavy atom. The predicted molar refractivity (Wildman–Crippen MR) is 157 cm³/mol. The second-order valence-electron chi connectivity index (χ2n) is 10.7. The lowest BCUT2D eigenvalue weighted by Crippen LogP contribution is -2.46. The first-order valence-electron chi connectivity index (χ1n) is 13.5. The molecule has 2 N–H and O–H groups in total. The maximum Gasteiger partial charge on any atom is 0.249 e. The Morgan fingerprint density at radius 3 is 2.57 bits per heavy atom. The highest BCUT2D eigenvalue weighted by Crippen LogP contribution is 2.42. The van der Waals surface area contributed by atoms with Gasteiger partial charge in [0.05, 0.1) is 11.0 Å². The van der Waals surface area contributed by atoms with E-state index in [9.17, 15) is 13.5 Å². The highest BCUT2D eigenvalue weighted by atomic mass is 32.2. The van der Waals surface area contributed by atoms with Crippen molar-refractivity contribution in [3.8, 4) is 17.0 Å². The summed E-state index contributed by atoms with van der Waals surface area (Å²) in [6.45, 7) is 4.02. The molecule has 1 saturated heterocycles. The summed E-state index contributed by atoms with van der Waals surface area (Å²) in [6, 6.07) is 6.19. The summed E-state index contributed by atoms with van der Waals surface area (Å²) in [5.74, 6) is -0.681. The first kappa shape index (κ1) is 29.8. The molecule has 13 heteroatoms. The summed E-state index contributed by atoms with van der Waals surface area (Å²) in [4.78, 5) is 14.9. The summed E-state index contributed by atoms with van der Waals surface area (Å²) >= 11 is 0. The van der Waals surface area contributed by atoms with Crippen LogP contribution in [0.5, 0.6) is 5.75 Å². The molecule has 4 aromatic rings. The first-order chi connectivity index (χ1) is 19.9. The number of ether oxygens (including phenoxy) is 2. The van der Waals surface area contributed by atoms with Gasteiger partial charge in [0.2, 0.25) is 15.0 Å². The number of methoxy groups -OCH3 is 1. The SMILES string of the molecule is CCc1c(F)ccc2cc(OCOC)cc(-c3nc(NC)c4c(N5CCC[C@@](C)(O)C5)nc(S(C)(=O)=O)nc4c3F)c12. The lowest BCUT2D eigenvalue weighted by Gasteiger charge is -2.38. The molecule has 0 amide bonds. The van der Waals surface area contributed by atoms with Gasteiger partial charge >= 0.3 is 0 Å². The van der Waals surface area contributed by atoms with E-state index in [1.165, 1.54) is 13.2 Å². The summed E-state index contributed by atoms with van der Waals surface area (Å²) < 4.78 is 67.9. The second-order valence-corrected chi connectivity index (χ2v) is 12.6. The number of hydrogen-bond acceptors (Lipinski definition) is 10. The highest BCUT2D eigenvalue weighted by molar-refractivity contribution is 7.90. The van der Waals surface area contributed by atoms with Gasteiger partial charge in [-0.2, -0.15) is 0 Å². The Bertz CT molecular complexity index is 1800. The largest absolute Gasteiger partial charge is 0.468 e. The van der Waals surface area contributed by atoms with E-state index in [1.807, 2.05) is 0 Å². The molecule has 0 radical (unpaired) electrons. The molecule has 5 rings (SSSR count). The molecular weight excluding hydrogens is 568 g/mol. The zero-order valence-electron chi connectivity index (χ0n) is 24.1. The van der Waals surface area contributed by atoms with Crippen LogP contribution in [0.2, 0.25) is 0 Å². The quantitative estimate of drug-likeness (QED) is 0.221. The summed E-state index contributed by atoms with van der Waals surface area (Å²) in [5.41, 5.74) is -0.897. The molecule has 0 unspecified atom stereocenters. The molecule has 1 aliphatic rings. The van der Waals surface area contributed by atoms with Gasteiger partial charge in [0, 0.05) is 39.1 Å². The molecule has 2 aromatic heterocycles. The van der Waals surface area contributed by atoms with Crippen molar-refractivity contribution < 1.29 is 31.8 Å². The number of piperidine rings is 1. The molecule has 42 heavy (non-hydrogen) atoms. The summed E-state index contributed by atoms with van der Waals surface area (Å²) in [5, 5.41) is 14.4. The van der Waals surface area contributed by atoms with E-state index in [1.54, 1.807) is 44.0 Å². The monoisotopic (exact) mass is 601 g/mol. The molecule has 0 saturated carbocycles. The standard InChI is InChI=1S/C29H33F2N5O5S/c1-6-18-20(30)9-8-16-12-17(41-15-40-4)13-19(21(16)18)24-23(31)25-22(26(32-3)33-24)27(35-28(34-25)42(5,38)39)36-11-7-10-29(2,37)14-36/h8-9,12-13,37H,6-7,10-11,14-15H2,1-5H3,(H,32,33)/t29-/m1/s1. The number of rotatable bonds is 8. The van der Waals surface area contributed by atoms with Crippen LogP contribution in [0.25, 0.3) is 32.9 Å². The maximum atomic E-state index is 16.8. The van der Waals surface area contributed by atoms with Crippen LogP contribution in [-0.4, -0.2) is 74.4 Å². The first-order valence-corrected chi connectivity index (χ1v) is 15.4. The van der Waals surface area contributed by atoms with E-state index >= 15 is 8.78 Å². The Balaban J connectivity index is 1.89. The van der Waals surface area contributed by atoms with Crippen LogP contribution in [0.15, 0.2) is 29.4 Å². The zero-order valence-corrected chi connectivity index (χ0v) is 24.9. The Kier molecular flexibility index (Phi) is 7.94. The third kappa shape index (κ3) is 5.43. The van der Waals surface area contributed by atoms with Crippen LogP contribution in [0, 0.1) is 11.6 Å². The smallest absolute Gasteiger partial charge is 0.249 e. The molecule has 0 bridgehead atoms. The van der Waals surface area contributed by atoms with Gasteiger partial charge in [0.1, 0.15) is 34.4 Å². The third-order valence-electron chi connectivity index (χ3n) is 7.38. The highest BCUT2D eigenvalue weighted by Gasteiger charge is 2.33. The van der Waals surface area contributed by atoms with Gasteiger partial charge < -0.3 is 24.8 Å². The lowest BCUT2D eigenvalue weighted by molar-refractivity contribution is 0.0447. The number of fused-ring (bicyclic) bond motifs is 2. The summed E-state index contributed by atoms with van der Waals surface area (Å²) in [6.07, 6.45) is 2.43. The third-order valence-corrected chi connectivity index (χ3v) is 8.23. The van der Waals surface area contributed by atoms with Crippen LogP contribution in [0.4, 0.5) is 20.4 Å². The molecule has 224 valence electrons. The Morgan fingerprint density at radius 1 is 1.17 bits per heavy atom. The fourth-order valence-electron chi connectivity index (χ4n) is 5.52. The predicted octanol–water partition coefficient (Wildman–Crippen LogP) is 4.46. The van der Waals surface area contributed by atoms with E-state index in [2.05, 4.69) is 20.3 Å². The Labute approximate surface area is 242 Å². The molecule has 3 heterocycles. The van der Waals surface area contributed by atoms with Gasteiger partial charge in [-0.1, -0.05) is 13.0 Å². The van der Waals surface area contributed by atoms with Crippen LogP contribution in [-0.2, 0) is 21.0 Å². The number of aromatic nitrogens is 3. The number of aliphatic hydroxyl groups is 1. The fourth-order valence-corrected chi connectivity index (χ4v) is 6.03. The fraction of sp³-hybridized carbons (Fsp3) is 0.414. The molecule has 1 atom stereocenters. The number of nitrogens with zero attached hydrogens (tertiary/aromatic N) is 4. The number of halogens is 2. The van der Waals surface area contributed by atoms with E-state index in [0.29, 0.717) is 47.9 Å². The second kappa shape index (κ2) is 11.2. The van der Waals surface area contributed by atoms with Gasteiger partial charge in [-0.3, -0.25) is 0 Å². The van der Waals surface area contributed by atoms with E-state index in [0.717, 1.165) is 6.26 Å². The average Bonchev–Trinajstić information content (AvgIpc) is 2.94. The van der Waals surface area contributed by atoms with Crippen LogP contribution >= 0.6 is 0 Å². The number of hydrogen-bond donors (Lipinski definition) is 2. The molecule has 10 nitrogen and oxygen atoms in total. The molecular formula is C29H33F2N5O5S. The van der Waals surface area contributed by atoms with Crippen molar-refractivity contribution >= 4 is 43.1 Å². The number of anilines is 2. The van der Waals surface area contributed by atoms with Crippen molar-refractivity contribution in [2.45, 2.75) is 43.9 Å². The lowest BCUT2D eigenvalue weighted by atomic mass is 9.94. The maximum absolute atomic E-state index is 16.8. The molecule has 0 spiro atoms. The topological polar surface area (TPSA) is 127 Å². The van der Waals surface area contributed by atoms with Crippen LogP contribution < -0.4 is 15.0 Å². The number of benzene rings is 2. The number of nitrogens with one attached hydrogen (secondary N) is 1. The van der Waals surface area contributed by atoms with Crippen molar-refractivity contribution in [2.75, 3.05) is 50.5 Å². The number of sulfone groups is 1. The average molecular weight is 602 g/mol. The van der Waals surface area contributed by atoms with E-state index < -0.39 is 32.2 Å². The van der Waals surface area contributed by atoms with E-state index in [-0.39, 0.29) is 47.1 Å². The van der Waals surface area contributed by atoms with Crippen molar-refractivity contribution in [3.63, 3.8) is 0 Å². The van der Waals surface area contributed by atoms with Gasteiger partial charge in [-0.15, -0.1) is 0 Å². The number of aryl methyl sites for hydroxylation is 1. The van der Waals surface area contributed by atoms with Crippen molar-refractivity contribution in [3.05, 3.63) is 41.5 Å². The zero-order chi connectivity index (χ0) is 30.4. The van der Waals surface area contributed by atoms with E-state index in [4.69, 9.17) is 9.47 Å². The molecule has 1 aliphatic heterocycles. The molecule has 2 aromatic carbocycles. The number of pyridine rings is 1. The van der Waals surface area contributed by atoms with Crippen molar-refractivity contribution in [2.24, 2.45) is 0 Å². The van der Waals surface area contributed by atoms with Crippen LogP contribution in [0.3, 0.4) is 0 Å². The van der Waals surface area contributed by atoms with Gasteiger partial charge in [-0.05, 0) is 60.7 Å². The molecule has 1 fully saturated rings. The minimum atomic E-state index is -3.97. The minimum absolute atomic E-state index is 0.0733.